The predicted octanol–water partition coefficient (Wildman–Crippen LogP) is 2.46. The molecule has 158 valence electrons. The van der Waals surface area contributed by atoms with Crippen molar-refractivity contribution < 1.29 is 23.7 Å². The van der Waals surface area contributed by atoms with Crippen LogP contribution in [-0.4, -0.2) is 52.2 Å². The van der Waals surface area contributed by atoms with E-state index in [4.69, 9.17) is 18.9 Å². The van der Waals surface area contributed by atoms with E-state index in [1.165, 1.54) is 0 Å². The van der Waals surface area contributed by atoms with Crippen LogP contribution >= 0.6 is 0 Å². The zero-order valence-electron chi connectivity index (χ0n) is 17.1. The van der Waals surface area contributed by atoms with Crippen molar-refractivity contribution >= 4 is 11.6 Å². The monoisotopic (exact) mass is 410 g/mol. The predicted molar refractivity (Wildman–Crippen MR) is 112 cm³/mol. The number of amides is 1. The fourth-order valence-corrected chi connectivity index (χ4v) is 4.56. The third kappa shape index (κ3) is 2.92. The third-order valence-corrected chi connectivity index (χ3v) is 6.01. The molecule has 0 saturated carbocycles. The van der Waals surface area contributed by atoms with Gasteiger partial charge in [-0.15, -0.1) is 0 Å². The van der Waals surface area contributed by atoms with Gasteiger partial charge >= 0.3 is 0 Å². The van der Waals surface area contributed by atoms with Crippen molar-refractivity contribution in [2.75, 3.05) is 51.1 Å². The number of nitrogens with one attached hydrogen (secondary N) is 1. The number of anilines is 1. The average Bonchev–Trinajstić information content (AvgIpc) is 3.44. The Hall–Kier alpha value is -2.77. The van der Waals surface area contributed by atoms with E-state index in [1.807, 2.05) is 48.2 Å². The lowest BCUT2D eigenvalue weighted by molar-refractivity contribution is -0.122. The Kier molecular flexibility index (Phi) is 5.00. The molecule has 3 heterocycles. The maximum absolute atomic E-state index is 13.8. The SMILES string of the molecule is CCOCCNCCCN1C(=O)C2(COc3cc4c(cc32)OCO4)c2ccccc21. The highest BCUT2D eigenvalue weighted by Crippen LogP contribution is 2.54. The van der Waals surface area contributed by atoms with Crippen molar-refractivity contribution in [3.8, 4) is 17.2 Å². The van der Waals surface area contributed by atoms with E-state index >= 15 is 0 Å². The first kappa shape index (κ1) is 19.2. The van der Waals surface area contributed by atoms with Crippen LogP contribution in [0, 0.1) is 0 Å². The van der Waals surface area contributed by atoms with Gasteiger partial charge in [0.05, 0.1) is 6.61 Å². The molecule has 0 aromatic heterocycles. The lowest BCUT2D eigenvalue weighted by Gasteiger charge is -2.23. The van der Waals surface area contributed by atoms with Gasteiger partial charge in [-0.1, -0.05) is 18.2 Å². The van der Waals surface area contributed by atoms with E-state index in [0.717, 1.165) is 42.9 Å². The summed E-state index contributed by atoms with van der Waals surface area (Å²) in [6.07, 6.45) is 0.858. The molecule has 0 saturated heterocycles. The Morgan fingerprint density at radius 1 is 1.07 bits per heavy atom. The molecule has 1 atom stereocenters. The highest BCUT2D eigenvalue weighted by molar-refractivity contribution is 6.11. The van der Waals surface area contributed by atoms with E-state index in [-0.39, 0.29) is 12.7 Å². The average molecular weight is 410 g/mol. The molecule has 1 N–H and O–H groups in total. The summed E-state index contributed by atoms with van der Waals surface area (Å²) in [6, 6.07) is 11.8. The van der Waals surface area contributed by atoms with Crippen molar-refractivity contribution in [3.05, 3.63) is 47.5 Å². The molecular weight excluding hydrogens is 384 g/mol. The Morgan fingerprint density at radius 2 is 1.90 bits per heavy atom. The van der Waals surface area contributed by atoms with Crippen LogP contribution in [0.2, 0.25) is 0 Å². The Balaban J connectivity index is 1.39. The second-order valence-corrected chi connectivity index (χ2v) is 7.67. The number of hydrogen-bond acceptors (Lipinski definition) is 6. The van der Waals surface area contributed by atoms with E-state index in [1.54, 1.807) is 0 Å². The lowest BCUT2D eigenvalue weighted by Crippen LogP contribution is -2.43. The number of carbonyl (C=O) groups excluding carboxylic acids is 1. The Bertz CT molecular complexity index is 963. The molecular formula is C23H26N2O5. The summed E-state index contributed by atoms with van der Waals surface area (Å²) < 4.78 is 22.4. The van der Waals surface area contributed by atoms with Crippen molar-refractivity contribution in [3.63, 3.8) is 0 Å². The zero-order chi connectivity index (χ0) is 20.6. The quantitative estimate of drug-likeness (QED) is 0.675. The normalized spacial score (nSPS) is 20.6. The first-order valence-corrected chi connectivity index (χ1v) is 10.5. The molecule has 1 unspecified atom stereocenters. The van der Waals surface area contributed by atoms with E-state index in [0.29, 0.717) is 37.0 Å². The molecule has 0 aliphatic carbocycles. The van der Waals surface area contributed by atoms with Gasteiger partial charge in [0.15, 0.2) is 11.5 Å². The summed E-state index contributed by atoms with van der Waals surface area (Å²) in [7, 11) is 0. The number of ether oxygens (including phenoxy) is 4. The second-order valence-electron chi connectivity index (χ2n) is 7.67. The highest BCUT2D eigenvalue weighted by atomic mass is 16.7. The fraction of sp³-hybridized carbons (Fsp3) is 0.435. The first-order valence-electron chi connectivity index (χ1n) is 10.5. The minimum Gasteiger partial charge on any atom is -0.491 e. The molecule has 0 fully saturated rings. The van der Waals surface area contributed by atoms with Gasteiger partial charge in [-0.05, 0) is 37.6 Å². The van der Waals surface area contributed by atoms with Gasteiger partial charge in [0, 0.05) is 37.0 Å². The summed E-state index contributed by atoms with van der Waals surface area (Å²) in [6.45, 7) is 6.21. The van der Waals surface area contributed by atoms with Crippen molar-refractivity contribution in [2.45, 2.75) is 18.8 Å². The molecule has 7 nitrogen and oxygen atoms in total. The van der Waals surface area contributed by atoms with E-state index < -0.39 is 5.41 Å². The number of rotatable bonds is 8. The molecule has 3 aliphatic heterocycles. The van der Waals surface area contributed by atoms with Crippen LogP contribution in [0.3, 0.4) is 0 Å². The molecule has 1 amide bonds. The van der Waals surface area contributed by atoms with Gasteiger partial charge in [-0.3, -0.25) is 4.79 Å². The van der Waals surface area contributed by atoms with E-state index in [2.05, 4.69) is 5.32 Å². The summed E-state index contributed by atoms with van der Waals surface area (Å²) in [5, 5.41) is 3.37. The van der Waals surface area contributed by atoms with Crippen molar-refractivity contribution in [1.29, 1.82) is 0 Å². The third-order valence-electron chi connectivity index (χ3n) is 6.01. The van der Waals surface area contributed by atoms with Crippen LogP contribution in [0.15, 0.2) is 36.4 Å². The van der Waals surface area contributed by atoms with Gasteiger partial charge in [0.1, 0.15) is 17.8 Å². The number of fused-ring (bicyclic) bond motifs is 5. The molecule has 2 aromatic carbocycles. The number of nitrogens with zero attached hydrogens (tertiary/aromatic N) is 1. The fourth-order valence-electron chi connectivity index (χ4n) is 4.56. The van der Waals surface area contributed by atoms with Gasteiger partial charge in [0.2, 0.25) is 12.7 Å². The molecule has 5 rings (SSSR count). The standard InChI is InChI=1S/C23H26N2O5/c1-2-27-11-9-24-8-5-10-25-18-7-4-3-6-16(18)23(22(25)26)14-28-19-13-21-20(12-17(19)23)29-15-30-21/h3-4,6-7,12-13,24H,2,5,8-11,14-15H2,1H3. The van der Waals surface area contributed by atoms with Crippen LogP contribution in [0.4, 0.5) is 5.69 Å². The zero-order valence-corrected chi connectivity index (χ0v) is 17.1. The van der Waals surface area contributed by atoms with Crippen LogP contribution in [0.1, 0.15) is 24.5 Å². The van der Waals surface area contributed by atoms with Gasteiger partial charge in [-0.25, -0.2) is 0 Å². The minimum atomic E-state index is -0.824. The Labute approximate surface area is 175 Å². The molecule has 2 aromatic rings. The smallest absolute Gasteiger partial charge is 0.245 e. The number of benzene rings is 2. The molecule has 0 bridgehead atoms. The highest BCUT2D eigenvalue weighted by Gasteiger charge is 2.57. The summed E-state index contributed by atoms with van der Waals surface area (Å²) in [5.41, 5.74) is 2.00. The molecule has 1 spiro atoms. The summed E-state index contributed by atoms with van der Waals surface area (Å²) in [4.78, 5) is 15.7. The largest absolute Gasteiger partial charge is 0.491 e. The number of carbonyl (C=O) groups is 1. The van der Waals surface area contributed by atoms with Gasteiger partial charge in [0.25, 0.3) is 0 Å². The first-order chi connectivity index (χ1) is 14.8. The van der Waals surface area contributed by atoms with Gasteiger partial charge < -0.3 is 29.2 Å². The number of para-hydroxylation sites is 1. The van der Waals surface area contributed by atoms with Crippen LogP contribution in [-0.2, 0) is 14.9 Å². The minimum absolute atomic E-state index is 0.0654. The van der Waals surface area contributed by atoms with Crippen molar-refractivity contribution in [2.24, 2.45) is 0 Å². The Morgan fingerprint density at radius 3 is 2.77 bits per heavy atom. The topological polar surface area (TPSA) is 69.3 Å². The van der Waals surface area contributed by atoms with E-state index in [9.17, 15) is 4.79 Å². The molecule has 0 radical (unpaired) electrons. The van der Waals surface area contributed by atoms with Crippen molar-refractivity contribution in [1.82, 2.24) is 5.32 Å². The molecule has 3 aliphatic rings. The second kappa shape index (κ2) is 7.81. The maximum atomic E-state index is 13.8. The molecule has 30 heavy (non-hydrogen) atoms. The maximum Gasteiger partial charge on any atom is 0.245 e. The lowest BCUT2D eigenvalue weighted by atomic mass is 9.77. The molecule has 7 heteroatoms. The van der Waals surface area contributed by atoms with Crippen LogP contribution in [0.25, 0.3) is 0 Å². The summed E-state index contributed by atoms with van der Waals surface area (Å²) >= 11 is 0. The number of hydrogen-bond donors (Lipinski definition) is 1. The van der Waals surface area contributed by atoms with Gasteiger partial charge in [-0.2, -0.15) is 0 Å². The van der Waals surface area contributed by atoms with Crippen LogP contribution in [0.5, 0.6) is 17.2 Å². The summed E-state index contributed by atoms with van der Waals surface area (Å²) in [5.74, 6) is 2.10. The van der Waals surface area contributed by atoms with Crippen LogP contribution < -0.4 is 24.4 Å².